The van der Waals surface area contributed by atoms with E-state index >= 15 is 0 Å². The molecule has 0 spiro atoms. The van der Waals surface area contributed by atoms with E-state index in [-0.39, 0.29) is 22.5 Å². The van der Waals surface area contributed by atoms with Gasteiger partial charge in [0.1, 0.15) is 0 Å². The van der Waals surface area contributed by atoms with Gasteiger partial charge in [-0.05, 0) is 0 Å². The van der Waals surface area contributed by atoms with Gasteiger partial charge in [0, 0.05) is 0 Å². The monoisotopic (exact) mass is 336 g/mol. The molecule has 0 aromatic rings. The number of aliphatic carboxylic acids is 2. The number of nitrogens with zero attached hydrogens (tertiary/aromatic N) is 2. The predicted molar refractivity (Wildman–Crippen MR) is 71.8 cm³/mol. The maximum absolute atomic E-state index is 9.10. The first-order valence-corrected chi connectivity index (χ1v) is 6.07. The van der Waals surface area contributed by atoms with E-state index in [1.807, 2.05) is 0 Å². The van der Waals surface area contributed by atoms with E-state index < -0.39 is 11.9 Å². The Bertz CT molecular complexity index is 307. The van der Waals surface area contributed by atoms with Crippen LogP contribution < -0.4 is 0 Å². The molecule has 1 fully saturated rings. The zero-order valence-corrected chi connectivity index (χ0v) is 12.0. The van der Waals surface area contributed by atoms with Crippen molar-refractivity contribution in [2.24, 2.45) is 0 Å². The Morgan fingerprint density at radius 3 is 2.10 bits per heavy atom. The minimum Gasteiger partial charge on any atom is -0.660 e. The zero-order valence-electron chi connectivity index (χ0n) is 11.0. The molecule has 20 heavy (non-hydrogen) atoms. The van der Waals surface area contributed by atoms with Gasteiger partial charge in [0.05, 0.1) is 0 Å². The average molecular weight is 337 g/mol. The van der Waals surface area contributed by atoms with E-state index in [4.69, 9.17) is 19.8 Å². The number of piperidine rings is 1. The first-order chi connectivity index (χ1) is 8.61. The summed E-state index contributed by atoms with van der Waals surface area (Å²) in [7, 11) is 0. The molecular formula is C12H21CuN2O5+. The quantitative estimate of drug-likeness (QED) is 0.317. The maximum Gasteiger partial charge on any atom is 2.00 e. The fourth-order valence-electron chi connectivity index (χ4n) is 1.94. The molecular weight excluding hydrogens is 316 g/mol. The average Bonchev–Trinajstić information content (AvgIpc) is 2.41. The van der Waals surface area contributed by atoms with E-state index in [1.165, 1.54) is 19.3 Å². The first kappa shape index (κ1) is 21.4. The van der Waals surface area contributed by atoms with Crippen LogP contribution in [0.25, 0.3) is 10.6 Å². The van der Waals surface area contributed by atoms with Crippen LogP contribution in [0, 0.1) is 0 Å². The summed E-state index contributed by atoms with van der Waals surface area (Å²) >= 11 is 0. The van der Waals surface area contributed by atoms with Crippen molar-refractivity contribution < 1.29 is 42.3 Å². The van der Waals surface area contributed by atoms with Crippen molar-refractivity contribution in [2.45, 2.75) is 37.8 Å². The summed E-state index contributed by atoms with van der Waals surface area (Å²) in [5.74, 6) is -3.65. The molecule has 0 aliphatic carbocycles. The Kier molecular flexibility index (Phi) is 12.7. The van der Waals surface area contributed by atoms with Gasteiger partial charge in [-0.1, -0.05) is 31.8 Å². The Hall–Kier alpha value is -0.921. The number of carbonyl (C=O) groups is 2. The van der Waals surface area contributed by atoms with Gasteiger partial charge >= 0.3 is 29.0 Å². The third-order valence-electron chi connectivity index (χ3n) is 2.82. The van der Waals surface area contributed by atoms with Crippen molar-refractivity contribution in [3.8, 4) is 0 Å². The summed E-state index contributed by atoms with van der Waals surface area (Å²) in [6, 6.07) is 0.925. The Morgan fingerprint density at radius 2 is 1.70 bits per heavy atom. The summed E-state index contributed by atoms with van der Waals surface area (Å²) in [5.41, 5.74) is 0. The fraction of sp³-hybridized carbons (Fsp3) is 0.667. The van der Waals surface area contributed by atoms with Crippen LogP contribution in [0.1, 0.15) is 25.7 Å². The fourth-order valence-corrected chi connectivity index (χ4v) is 1.94. The van der Waals surface area contributed by atoms with Crippen LogP contribution in [-0.4, -0.2) is 47.3 Å². The predicted octanol–water partition coefficient (Wildman–Crippen LogP) is 0.846. The van der Waals surface area contributed by atoms with Gasteiger partial charge in [-0.2, -0.15) is 0 Å². The SMILES string of the molecule is C1=CC(C2CCCC[N-]2)[N-]CC1.O=C(O)C(=O)O.[Cu+2].[OH3+]. The summed E-state index contributed by atoms with van der Waals surface area (Å²) < 4.78 is 0. The molecule has 119 valence electrons. The molecule has 1 radical (unpaired) electrons. The van der Waals surface area contributed by atoms with Gasteiger partial charge in [-0.3, -0.25) is 0 Å². The number of rotatable bonds is 1. The molecule has 0 aromatic carbocycles. The number of hydrogen-bond donors (Lipinski definition) is 2. The zero-order chi connectivity index (χ0) is 13.4. The molecule has 0 bridgehead atoms. The van der Waals surface area contributed by atoms with Crippen molar-refractivity contribution in [3.05, 3.63) is 22.8 Å². The van der Waals surface area contributed by atoms with Crippen molar-refractivity contribution in [3.63, 3.8) is 0 Å². The molecule has 2 unspecified atom stereocenters. The molecule has 0 aromatic heterocycles. The van der Waals surface area contributed by atoms with Gasteiger partial charge in [-0.15, -0.1) is 31.2 Å². The second-order valence-corrected chi connectivity index (χ2v) is 4.19. The number of carboxylic acids is 2. The normalized spacial score (nSPS) is 24.2. The second kappa shape index (κ2) is 11.9. The summed E-state index contributed by atoms with van der Waals surface area (Å²) in [4.78, 5) is 18.2. The second-order valence-electron chi connectivity index (χ2n) is 4.19. The molecule has 2 heterocycles. The molecule has 0 amide bonds. The first-order valence-electron chi connectivity index (χ1n) is 6.07. The van der Waals surface area contributed by atoms with Crippen LogP contribution >= 0.6 is 0 Å². The Morgan fingerprint density at radius 1 is 1.05 bits per heavy atom. The smallest absolute Gasteiger partial charge is 0.660 e. The number of carboxylic acid groups (broad SMARTS) is 2. The molecule has 0 saturated carbocycles. The van der Waals surface area contributed by atoms with Crippen molar-refractivity contribution in [1.29, 1.82) is 0 Å². The Balaban J connectivity index is 0. The van der Waals surface area contributed by atoms with Crippen LogP contribution in [0.5, 0.6) is 0 Å². The van der Waals surface area contributed by atoms with Crippen LogP contribution in [0.2, 0.25) is 0 Å². The molecule has 2 rings (SSSR count). The molecule has 2 aliphatic heterocycles. The topological polar surface area (TPSA) is 136 Å². The van der Waals surface area contributed by atoms with Gasteiger partial charge in [0.15, 0.2) is 0 Å². The minimum absolute atomic E-state index is 0. The Labute approximate surface area is 128 Å². The van der Waals surface area contributed by atoms with Gasteiger partial charge in [0.25, 0.3) is 0 Å². The van der Waals surface area contributed by atoms with E-state index in [0.717, 1.165) is 19.5 Å². The maximum atomic E-state index is 9.10. The summed E-state index contributed by atoms with van der Waals surface area (Å²) in [6.07, 6.45) is 9.49. The number of hydrogen-bond acceptors (Lipinski definition) is 2. The summed E-state index contributed by atoms with van der Waals surface area (Å²) in [6.45, 7) is 2.07. The molecule has 1 saturated heterocycles. The van der Waals surface area contributed by atoms with Crippen LogP contribution in [-0.2, 0) is 32.1 Å². The molecule has 5 N–H and O–H groups in total. The van der Waals surface area contributed by atoms with Crippen molar-refractivity contribution >= 4 is 11.9 Å². The van der Waals surface area contributed by atoms with Crippen LogP contribution in [0.3, 0.4) is 0 Å². The van der Waals surface area contributed by atoms with E-state index in [2.05, 4.69) is 22.8 Å². The molecule has 2 aliphatic rings. The molecule has 8 heteroatoms. The summed E-state index contributed by atoms with van der Waals surface area (Å²) in [5, 5.41) is 24.0. The van der Waals surface area contributed by atoms with E-state index in [0.29, 0.717) is 12.1 Å². The molecule has 7 nitrogen and oxygen atoms in total. The van der Waals surface area contributed by atoms with Crippen molar-refractivity contribution in [2.75, 3.05) is 13.1 Å². The van der Waals surface area contributed by atoms with Gasteiger partial charge in [0.2, 0.25) is 0 Å². The van der Waals surface area contributed by atoms with Crippen molar-refractivity contribution in [1.82, 2.24) is 0 Å². The standard InChI is InChI=1S/C10H16N2.C2H2O4.Cu.H2O/c1-3-7-11-9(5-1)10-6-2-4-8-12-10;3-1(4)2(5)6;;/h1,5,9-10H,2-4,6-8H2;(H,3,4)(H,5,6);;1H2/q-2;;+2;/p+1. The minimum atomic E-state index is -1.82. The van der Waals surface area contributed by atoms with E-state index in [9.17, 15) is 0 Å². The van der Waals surface area contributed by atoms with Gasteiger partial charge < -0.3 is 26.3 Å². The third-order valence-corrected chi connectivity index (χ3v) is 2.82. The van der Waals surface area contributed by atoms with E-state index in [1.54, 1.807) is 0 Å². The third kappa shape index (κ3) is 8.29. The van der Waals surface area contributed by atoms with Gasteiger partial charge in [-0.25, -0.2) is 9.59 Å². The van der Waals surface area contributed by atoms with Crippen LogP contribution in [0.15, 0.2) is 12.2 Å². The molecule has 2 atom stereocenters. The largest absolute Gasteiger partial charge is 2.00 e. The van der Waals surface area contributed by atoms with Crippen LogP contribution in [0.4, 0.5) is 0 Å².